The van der Waals surface area contributed by atoms with Gasteiger partial charge in [0.15, 0.2) is 0 Å². The summed E-state index contributed by atoms with van der Waals surface area (Å²) in [4.78, 5) is 29.7. The highest BCUT2D eigenvalue weighted by Gasteiger charge is 2.38. The second-order valence-electron chi connectivity index (χ2n) is 8.55. The van der Waals surface area contributed by atoms with Crippen LogP contribution in [0.4, 0.5) is 5.69 Å². The van der Waals surface area contributed by atoms with Gasteiger partial charge in [0.25, 0.3) is 0 Å². The Balaban J connectivity index is 0.000000281. The molecule has 4 heterocycles. The van der Waals surface area contributed by atoms with Gasteiger partial charge in [0.1, 0.15) is 0 Å². The fraction of sp³-hybridized carbons (Fsp3) is 0.320. The molecule has 2 aromatic heterocycles. The fourth-order valence-corrected chi connectivity index (χ4v) is 4.85. The van der Waals surface area contributed by atoms with Crippen LogP contribution in [0.1, 0.15) is 25.7 Å². The average molecular weight is 449 g/mol. The third-order valence-corrected chi connectivity index (χ3v) is 6.47. The molecule has 5 rings (SSSR count). The summed E-state index contributed by atoms with van der Waals surface area (Å²) in [5.74, 6) is -2.51. The van der Waals surface area contributed by atoms with Gasteiger partial charge < -0.3 is 25.4 Å². The van der Waals surface area contributed by atoms with E-state index >= 15 is 0 Å². The van der Waals surface area contributed by atoms with Gasteiger partial charge >= 0.3 is 11.9 Å². The van der Waals surface area contributed by atoms with Gasteiger partial charge in [-0.3, -0.25) is 4.98 Å². The second kappa shape index (κ2) is 9.87. The Kier molecular flexibility index (Phi) is 6.74. The van der Waals surface area contributed by atoms with E-state index in [1.807, 2.05) is 12.4 Å². The van der Waals surface area contributed by atoms with Crippen LogP contribution in [0.5, 0.6) is 0 Å². The van der Waals surface area contributed by atoms with Gasteiger partial charge in [-0.2, -0.15) is 0 Å². The van der Waals surface area contributed by atoms with Crippen LogP contribution in [0.25, 0.3) is 22.2 Å². The van der Waals surface area contributed by atoms with Crippen molar-refractivity contribution in [2.75, 3.05) is 12.4 Å². The highest BCUT2D eigenvalue weighted by atomic mass is 16.4. The molecular weight excluding hydrogens is 420 g/mol. The Hall–Kier alpha value is -3.65. The molecule has 3 aromatic rings. The number of fused-ring (bicyclic) bond motifs is 3. The first-order valence-electron chi connectivity index (χ1n) is 11.1. The molecule has 33 heavy (non-hydrogen) atoms. The molecule has 0 spiro atoms. The molecule has 8 heteroatoms. The molecule has 2 saturated heterocycles. The zero-order valence-corrected chi connectivity index (χ0v) is 18.4. The number of nitrogens with zero attached hydrogens (tertiary/aromatic N) is 2. The summed E-state index contributed by atoms with van der Waals surface area (Å²) in [5, 5.41) is 20.6. The smallest absolute Gasteiger partial charge is 0.328 e. The van der Waals surface area contributed by atoms with E-state index in [1.165, 1.54) is 36.6 Å². The zero-order chi connectivity index (χ0) is 23.4. The third-order valence-electron chi connectivity index (χ3n) is 6.47. The maximum Gasteiger partial charge on any atom is 0.328 e. The van der Waals surface area contributed by atoms with Crippen LogP contribution in [0.3, 0.4) is 0 Å². The Labute approximate surface area is 192 Å². The number of pyridine rings is 1. The molecule has 2 bridgehead atoms. The number of piperidine rings is 1. The largest absolute Gasteiger partial charge is 0.478 e. The quantitative estimate of drug-likeness (QED) is 0.436. The Morgan fingerprint density at radius 3 is 2.36 bits per heavy atom. The normalized spacial score (nSPS) is 22.2. The van der Waals surface area contributed by atoms with Crippen molar-refractivity contribution in [1.82, 2.24) is 14.9 Å². The molecule has 2 atom stereocenters. The molecule has 0 saturated carbocycles. The number of hydrogen-bond acceptors (Lipinski definition) is 5. The summed E-state index contributed by atoms with van der Waals surface area (Å²) in [6.45, 7) is 0. The number of benzene rings is 1. The van der Waals surface area contributed by atoms with Gasteiger partial charge in [-0.25, -0.2) is 9.59 Å². The lowest BCUT2D eigenvalue weighted by atomic mass is 9.98. The minimum Gasteiger partial charge on any atom is -0.478 e. The van der Waals surface area contributed by atoms with Crippen LogP contribution in [0, 0.1) is 0 Å². The van der Waals surface area contributed by atoms with E-state index < -0.39 is 11.9 Å². The number of H-pyrrole nitrogens is 1. The second-order valence-corrected chi connectivity index (χ2v) is 8.55. The van der Waals surface area contributed by atoms with Crippen molar-refractivity contribution in [1.29, 1.82) is 0 Å². The fourth-order valence-electron chi connectivity index (χ4n) is 4.85. The van der Waals surface area contributed by atoms with Crippen molar-refractivity contribution in [3.05, 3.63) is 60.9 Å². The van der Waals surface area contributed by atoms with E-state index in [-0.39, 0.29) is 0 Å². The number of aromatic amines is 1. The van der Waals surface area contributed by atoms with Crippen LogP contribution in [0.2, 0.25) is 0 Å². The lowest BCUT2D eigenvalue weighted by Crippen LogP contribution is -2.44. The van der Waals surface area contributed by atoms with Crippen molar-refractivity contribution in [3.8, 4) is 11.3 Å². The highest BCUT2D eigenvalue weighted by molar-refractivity contribution is 5.94. The number of hydrogen-bond donors (Lipinski definition) is 4. The van der Waals surface area contributed by atoms with Gasteiger partial charge in [-0.05, 0) is 57.0 Å². The molecule has 0 aliphatic carbocycles. The molecule has 2 unspecified atom stereocenters. The number of carboxylic acid groups (broad SMARTS) is 2. The first-order chi connectivity index (χ1) is 15.9. The molecule has 2 aliphatic heterocycles. The summed E-state index contributed by atoms with van der Waals surface area (Å²) >= 11 is 0. The van der Waals surface area contributed by atoms with E-state index in [2.05, 4.69) is 58.6 Å². The molecule has 172 valence electrons. The van der Waals surface area contributed by atoms with E-state index in [4.69, 9.17) is 15.2 Å². The Bertz CT molecular complexity index is 1120. The molecule has 0 radical (unpaired) electrons. The first-order valence-corrected chi connectivity index (χ1v) is 11.1. The Morgan fingerprint density at radius 2 is 1.76 bits per heavy atom. The van der Waals surface area contributed by atoms with Crippen molar-refractivity contribution < 1.29 is 19.8 Å². The first kappa shape index (κ1) is 22.5. The number of aromatic nitrogens is 2. The molecular formula is C25H28N4O4. The van der Waals surface area contributed by atoms with E-state index in [1.54, 1.807) is 0 Å². The number of anilines is 1. The zero-order valence-electron chi connectivity index (χ0n) is 18.4. The van der Waals surface area contributed by atoms with Crippen LogP contribution >= 0.6 is 0 Å². The van der Waals surface area contributed by atoms with Crippen molar-refractivity contribution in [3.63, 3.8) is 0 Å². The molecule has 2 aliphatic rings. The topological polar surface area (TPSA) is 119 Å². The predicted octanol–water partition coefficient (Wildman–Crippen LogP) is 3.98. The van der Waals surface area contributed by atoms with Crippen LogP contribution < -0.4 is 5.32 Å². The van der Waals surface area contributed by atoms with Crippen LogP contribution in [-0.4, -0.2) is 62.2 Å². The maximum atomic E-state index is 9.55. The lowest BCUT2D eigenvalue weighted by molar-refractivity contribution is -0.134. The number of nitrogens with one attached hydrogen (secondary N) is 2. The molecule has 2 fully saturated rings. The van der Waals surface area contributed by atoms with Crippen molar-refractivity contribution >= 4 is 28.5 Å². The average Bonchev–Trinajstić information content (AvgIpc) is 3.34. The lowest BCUT2D eigenvalue weighted by Gasteiger charge is -2.37. The van der Waals surface area contributed by atoms with E-state index in [9.17, 15) is 9.59 Å². The summed E-state index contributed by atoms with van der Waals surface area (Å²) < 4.78 is 0. The van der Waals surface area contributed by atoms with Crippen molar-refractivity contribution in [2.24, 2.45) is 0 Å². The van der Waals surface area contributed by atoms with Crippen LogP contribution in [0.15, 0.2) is 60.9 Å². The van der Waals surface area contributed by atoms with Crippen molar-refractivity contribution in [2.45, 2.75) is 43.8 Å². The number of carbonyl (C=O) groups is 2. The predicted molar refractivity (Wildman–Crippen MR) is 127 cm³/mol. The van der Waals surface area contributed by atoms with Gasteiger partial charge in [0, 0.05) is 52.9 Å². The van der Waals surface area contributed by atoms with Gasteiger partial charge in [0.2, 0.25) is 0 Å². The maximum absolute atomic E-state index is 9.55. The summed E-state index contributed by atoms with van der Waals surface area (Å²) in [7, 11) is 2.29. The summed E-state index contributed by atoms with van der Waals surface area (Å²) in [6.07, 6.45) is 10.3. The summed E-state index contributed by atoms with van der Waals surface area (Å²) in [5.41, 5.74) is 4.50. The van der Waals surface area contributed by atoms with E-state index in [0.29, 0.717) is 18.2 Å². The minimum absolute atomic E-state index is 0.558. The minimum atomic E-state index is -1.26. The molecule has 0 amide bonds. The third kappa shape index (κ3) is 5.40. The van der Waals surface area contributed by atoms with Gasteiger partial charge in [-0.15, -0.1) is 0 Å². The monoisotopic (exact) mass is 448 g/mol. The van der Waals surface area contributed by atoms with Gasteiger partial charge in [-0.1, -0.05) is 12.1 Å². The molecule has 8 nitrogen and oxygen atoms in total. The van der Waals surface area contributed by atoms with Crippen LogP contribution in [-0.2, 0) is 9.59 Å². The van der Waals surface area contributed by atoms with Gasteiger partial charge in [0.05, 0.1) is 17.6 Å². The summed E-state index contributed by atoms with van der Waals surface area (Å²) in [6, 6.07) is 14.8. The number of aliphatic carboxylic acids is 2. The molecule has 1 aromatic carbocycles. The highest BCUT2D eigenvalue weighted by Crippen LogP contribution is 2.35. The van der Waals surface area contributed by atoms with E-state index in [0.717, 1.165) is 29.0 Å². The molecule has 4 N–H and O–H groups in total. The number of carboxylic acids is 2. The number of rotatable bonds is 5. The Morgan fingerprint density at radius 1 is 1.06 bits per heavy atom. The standard InChI is InChI=1S/C21H24N4.C4H4O4/c1-25-16-6-7-17(25)12-15(11-16)24-14-5-8-21(23-13-14)18-3-2-4-20-19(18)9-10-22-20;5-3(6)1-2-4(7)8/h2-5,8-10,13,15-17,22,24H,6-7,11-12H2,1H3;1-2H,(H,5,6)(H,7,8)/b;2-1+. The SMILES string of the molecule is CN1C2CCC1CC(Nc1ccc(-c3cccc4[nH]ccc34)nc1)C2.O=C(O)/C=C/C(=O)O.